The van der Waals surface area contributed by atoms with Crippen LogP contribution in [0.1, 0.15) is 29.7 Å². The largest absolute Gasteiger partial charge is 0.384 e. The van der Waals surface area contributed by atoms with E-state index in [1.165, 1.54) is 15.6 Å². The maximum atomic E-state index is 10.6. The minimum Gasteiger partial charge on any atom is -0.384 e. The van der Waals surface area contributed by atoms with E-state index < -0.39 is 6.10 Å². The van der Waals surface area contributed by atoms with E-state index in [0.29, 0.717) is 0 Å². The van der Waals surface area contributed by atoms with Crippen LogP contribution in [0.25, 0.3) is 10.1 Å². The van der Waals surface area contributed by atoms with Crippen molar-refractivity contribution in [3.05, 3.63) is 70.6 Å². The molecular weight excluding hydrogens is 252 g/mol. The Morgan fingerprint density at radius 3 is 2.58 bits per heavy atom. The molecule has 3 aromatic rings. The van der Waals surface area contributed by atoms with Crippen LogP contribution in [0, 0.1) is 0 Å². The van der Waals surface area contributed by atoms with Crippen molar-refractivity contribution in [1.82, 2.24) is 0 Å². The van der Waals surface area contributed by atoms with E-state index in [2.05, 4.69) is 36.6 Å². The average molecular weight is 268 g/mol. The van der Waals surface area contributed by atoms with Gasteiger partial charge in [-0.05, 0) is 34.4 Å². The number of hydrogen-bond donors (Lipinski definition) is 1. The Bertz CT molecular complexity index is 682. The molecule has 0 aliphatic rings. The first-order valence-electron chi connectivity index (χ1n) is 6.52. The summed E-state index contributed by atoms with van der Waals surface area (Å²) < 4.78 is 1.18. The molecule has 0 radical (unpaired) electrons. The molecule has 1 nitrogen and oxygen atoms in total. The fraction of sp³-hybridized carbons (Fsp3) is 0.176. The van der Waals surface area contributed by atoms with Crippen LogP contribution in [0.4, 0.5) is 0 Å². The van der Waals surface area contributed by atoms with Gasteiger partial charge in [-0.25, -0.2) is 0 Å². The highest BCUT2D eigenvalue weighted by molar-refractivity contribution is 7.17. The van der Waals surface area contributed by atoms with E-state index in [0.717, 1.165) is 17.5 Å². The molecule has 3 rings (SSSR count). The summed E-state index contributed by atoms with van der Waals surface area (Å²) in [4.78, 5) is 0. The highest BCUT2D eigenvalue weighted by Crippen LogP contribution is 2.32. The normalized spacial score (nSPS) is 12.7. The molecule has 2 heteroatoms. The van der Waals surface area contributed by atoms with Crippen LogP contribution in [-0.2, 0) is 6.42 Å². The van der Waals surface area contributed by atoms with Gasteiger partial charge in [0, 0.05) is 10.3 Å². The van der Waals surface area contributed by atoms with E-state index >= 15 is 0 Å². The highest BCUT2D eigenvalue weighted by atomic mass is 32.1. The molecule has 0 aliphatic heterocycles. The second-order valence-electron chi connectivity index (χ2n) is 4.68. The first kappa shape index (κ1) is 12.4. The Morgan fingerprint density at radius 2 is 1.84 bits per heavy atom. The lowest BCUT2D eigenvalue weighted by atomic mass is 9.99. The molecule has 0 amide bonds. The average Bonchev–Trinajstić information content (AvgIpc) is 2.95. The summed E-state index contributed by atoms with van der Waals surface area (Å²) >= 11 is 1.68. The zero-order chi connectivity index (χ0) is 13.2. The smallest absolute Gasteiger partial charge is 0.105 e. The molecule has 0 bridgehead atoms. The van der Waals surface area contributed by atoms with Crippen molar-refractivity contribution in [2.45, 2.75) is 19.4 Å². The van der Waals surface area contributed by atoms with Gasteiger partial charge >= 0.3 is 0 Å². The lowest BCUT2D eigenvalue weighted by Gasteiger charge is -2.13. The van der Waals surface area contributed by atoms with Gasteiger partial charge in [0.25, 0.3) is 0 Å². The number of aryl methyl sites for hydroxylation is 1. The molecule has 1 aromatic heterocycles. The van der Waals surface area contributed by atoms with Gasteiger partial charge in [-0.3, -0.25) is 0 Å². The molecule has 2 aromatic carbocycles. The van der Waals surface area contributed by atoms with Crippen molar-refractivity contribution < 1.29 is 5.11 Å². The van der Waals surface area contributed by atoms with Gasteiger partial charge < -0.3 is 5.11 Å². The molecule has 19 heavy (non-hydrogen) atoms. The molecule has 0 spiro atoms. The van der Waals surface area contributed by atoms with Crippen molar-refractivity contribution >= 4 is 21.4 Å². The standard InChI is InChI=1S/C17H16OS/c1-2-12-6-8-13(9-7-12)16(18)15-5-3-4-14-10-11-19-17(14)15/h3-11,16,18H,2H2,1H3. The molecule has 0 saturated heterocycles. The summed E-state index contributed by atoms with van der Waals surface area (Å²) in [5, 5.41) is 13.8. The first-order chi connectivity index (χ1) is 9.29. The molecule has 1 heterocycles. The predicted octanol–water partition coefficient (Wildman–Crippen LogP) is 4.55. The van der Waals surface area contributed by atoms with Gasteiger partial charge in [0.1, 0.15) is 6.10 Å². The van der Waals surface area contributed by atoms with Crippen molar-refractivity contribution in [3.8, 4) is 0 Å². The first-order valence-corrected chi connectivity index (χ1v) is 7.40. The molecule has 96 valence electrons. The van der Waals surface area contributed by atoms with Gasteiger partial charge in [0.15, 0.2) is 0 Å². The number of hydrogen-bond acceptors (Lipinski definition) is 2. The SMILES string of the molecule is CCc1ccc(C(O)c2cccc3ccsc23)cc1. The molecular formula is C17H16OS. The highest BCUT2D eigenvalue weighted by Gasteiger charge is 2.13. The van der Waals surface area contributed by atoms with Crippen molar-refractivity contribution in [2.75, 3.05) is 0 Å². The Kier molecular flexibility index (Phi) is 3.36. The second-order valence-corrected chi connectivity index (χ2v) is 5.60. The number of aliphatic hydroxyl groups is 1. The van der Waals surface area contributed by atoms with Crippen LogP contribution in [0.2, 0.25) is 0 Å². The van der Waals surface area contributed by atoms with Crippen LogP contribution in [0.15, 0.2) is 53.9 Å². The summed E-state index contributed by atoms with van der Waals surface area (Å²) in [6.07, 6.45) is 0.477. The number of benzene rings is 2. The number of aliphatic hydroxyl groups excluding tert-OH is 1. The van der Waals surface area contributed by atoms with Crippen LogP contribution in [-0.4, -0.2) is 5.11 Å². The molecule has 0 aliphatic carbocycles. The third-order valence-corrected chi connectivity index (χ3v) is 4.49. The van der Waals surface area contributed by atoms with Gasteiger partial charge in [-0.15, -0.1) is 11.3 Å². The van der Waals surface area contributed by atoms with E-state index in [1.54, 1.807) is 11.3 Å². The summed E-state index contributed by atoms with van der Waals surface area (Å²) in [7, 11) is 0. The third-order valence-electron chi connectivity index (χ3n) is 3.51. The lowest BCUT2D eigenvalue weighted by molar-refractivity contribution is 0.222. The van der Waals surface area contributed by atoms with Gasteiger partial charge in [-0.2, -0.15) is 0 Å². The Morgan fingerprint density at radius 1 is 1.05 bits per heavy atom. The fourth-order valence-electron chi connectivity index (χ4n) is 2.35. The van der Waals surface area contributed by atoms with Gasteiger partial charge in [-0.1, -0.05) is 49.4 Å². The zero-order valence-corrected chi connectivity index (χ0v) is 11.7. The van der Waals surface area contributed by atoms with Crippen LogP contribution >= 0.6 is 11.3 Å². The van der Waals surface area contributed by atoms with E-state index in [9.17, 15) is 5.11 Å². The summed E-state index contributed by atoms with van der Waals surface area (Å²) in [6, 6.07) is 16.4. The van der Waals surface area contributed by atoms with Crippen LogP contribution in [0.3, 0.4) is 0 Å². The molecule has 1 atom stereocenters. The number of thiophene rings is 1. The van der Waals surface area contributed by atoms with Crippen molar-refractivity contribution in [1.29, 1.82) is 0 Å². The van der Waals surface area contributed by atoms with Crippen LogP contribution in [0.5, 0.6) is 0 Å². The van der Waals surface area contributed by atoms with Crippen LogP contribution < -0.4 is 0 Å². The summed E-state index contributed by atoms with van der Waals surface area (Å²) in [5.74, 6) is 0. The molecule has 1 N–H and O–H groups in total. The minimum atomic E-state index is -0.548. The zero-order valence-electron chi connectivity index (χ0n) is 10.8. The number of rotatable bonds is 3. The van der Waals surface area contributed by atoms with E-state index in [-0.39, 0.29) is 0 Å². The van der Waals surface area contributed by atoms with E-state index in [1.807, 2.05) is 24.3 Å². The topological polar surface area (TPSA) is 20.2 Å². The Hall–Kier alpha value is -1.64. The maximum Gasteiger partial charge on any atom is 0.105 e. The van der Waals surface area contributed by atoms with Gasteiger partial charge in [0.2, 0.25) is 0 Å². The lowest BCUT2D eigenvalue weighted by Crippen LogP contribution is -1.99. The summed E-state index contributed by atoms with van der Waals surface area (Å²) in [6.45, 7) is 2.14. The summed E-state index contributed by atoms with van der Waals surface area (Å²) in [5.41, 5.74) is 3.25. The quantitative estimate of drug-likeness (QED) is 0.739. The molecule has 0 fully saturated rings. The van der Waals surface area contributed by atoms with Crippen molar-refractivity contribution in [3.63, 3.8) is 0 Å². The van der Waals surface area contributed by atoms with Gasteiger partial charge in [0.05, 0.1) is 0 Å². The van der Waals surface area contributed by atoms with E-state index in [4.69, 9.17) is 0 Å². The maximum absolute atomic E-state index is 10.6. The Labute approximate surface area is 117 Å². The third kappa shape index (κ3) is 2.29. The number of fused-ring (bicyclic) bond motifs is 1. The monoisotopic (exact) mass is 268 g/mol. The molecule has 1 unspecified atom stereocenters. The predicted molar refractivity (Wildman–Crippen MR) is 81.7 cm³/mol. The Balaban J connectivity index is 2.02. The molecule has 0 saturated carbocycles. The minimum absolute atomic E-state index is 0.548. The fourth-order valence-corrected chi connectivity index (χ4v) is 3.29. The van der Waals surface area contributed by atoms with Crippen molar-refractivity contribution in [2.24, 2.45) is 0 Å². The second kappa shape index (κ2) is 5.16.